The van der Waals surface area contributed by atoms with Crippen LogP contribution < -0.4 is 5.32 Å². The van der Waals surface area contributed by atoms with Crippen LogP contribution in [0.5, 0.6) is 0 Å². The maximum absolute atomic E-state index is 10.5. The zero-order valence-electron chi connectivity index (χ0n) is 12.0. The highest BCUT2D eigenvalue weighted by Gasteiger charge is 2.22. The monoisotopic (exact) mass is 269 g/mol. The highest BCUT2D eigenvalue weighted by atomic mass is 16.3. The molecule has 106 valence electrons. The van der Waals surface area contributed by atoms with E-state index in [9.17, 15) is 5.11 Å². The van der Waals surface area contributed by atoms with Gasteiger partial charge in [0.25, 0.3) is 0 Å². The fourth-order valence-electron chi connectivity index (χ4n) is 3.24. The highest BCUT2D eigenvalue weighted by molar-refractivity contribution is 5.83. The molecule has 0 heterocycles. The molecule has 0 aliphatic heterocycles. The third kappa shape index (κ3) is 2.87. The van der Waals surface area contributed by atoms with Gasteiger partial charge in [-0.15, -0.1) is 0 Å². The Bertz CT molecular complexity index is 574. The molecule has 2 aromatic carbocycles. The van der Waals surface area contributed by atoms with Gasteiger partial charge in [0, 0.05) is 12.1 Å². The second kappa shape index (κ2) is 5.94. The summed E-state index contributed by atoms with van der Waals surface area (Å²) in [5, 5.41) is 16.5. The Morgan fingerprint density at radius 2 is 1.75 bits per heavy atom. The van der Waals surface area contributed by atoms with Crippen LogP contribution in [0.1, 0.15) is 44.3 Å². The van der Waals surface area contributed by atoms with Crippen molar-refractivity contribution in [3.63, 3.8) is 0 Å². The van der Waals surface area contributed by atoms with E-state index in [0.717, 1.165) is 5.56 Å². The molecule has 0 radical (unpaired) electrons. The van der Waals surface area contributed by atoms with Crippen LogP contribution in [0.15, 0.2) is 42.5 Å². The van der Waals surface area contributed by atoms with Gasteiger partial charge in [0.1, 0.15) is 0 Å². The molecular weight excluding hydrogens is 246 g/mol. The maximum atomic E-state index is 10.5. The zero-order chi connectivity index (χ0) is 13.9. The van der Waals surface area contributed by atoms with Crippen molar-refractivity contribution in [1.29, 1.82) is 0 Å². The number of nitrogens with one attached hydrogen (secondary N) is 1. The summed E-state index contributed by atoms with van der Waals surface area (Å²) in [6.45, 7) is 2.08. The summed E-state index contributed by atoms with van der Waals surface area (Å²) in [6, 6.07) is 15.2. The van der Waals surface area contributed by atoms with Crippen LogP contribution in [-0.4, -0.2) is 17.2 Å². The number of aliphatic hydroxyl groups is 1. The summed E-state index contributed by atoms with van der Waals surface area (Å²) >= 11 is 0. The molecule has 0 spiro atoms. The van der Waals surface area contributed by atoms with Crippen LogP contribution in [0.4, 0.5) is 0 Å². The molecule has 3 rings (SSSR count). The molecule has 0 saturated heterocycles. The first kappa shape index (κ1) is 13.6. The number of hydrogen-bond donors (Lipinski definition) is 2. The van der Waals surface area contributed by atoms with Gasteiger partial charge in [0.05, 0.1) is 6.10 Å². The smallest absolute Gasteiger partial charge is 0.0940 e. The average Bonchev–Trinajstić information content (AvgIpc) is 2.99. The molecule has 2 N–H and O–H groups in total. The zero-order valence-corrected chi connectivity index (χ0v) is 12.0. The van der Waals surface area contributed by atoms with E-state index in [1.54, 1.807) is 0 Å². The molecule has 2 atom stereocenters. The minimum Gasteiger partial charge on any atom is -0.387 e. The molecule has 0 amide bonds. The Kier molecular flexibility index (Phi) is 4.04. The van der Waals surface area contributed by atoms with E-state index in [2.05, 4.69) is 36.5 Å². The van der Waals surface area contributed by atoms with E-state index < -0.39 is 6.10 Å². The minimum atomic E-state index is -0.444. The lowest BCUT2D eigenvalue weighted by atomic mass is 9.99. The minimum absolute atomic E-state index is 0.0965. The largest absolute Gasteiger partial charge is 0.387 e. The first-order valence-corrected chi connectivity index (χ1v) is 7.67. The van der Waals surface area contributed by atoms with Gasteiger partial charge in [-0.3, -0.25) is 0 Å². The van der Waals surface area contributed by atoms with Crippen molar-refractivity contribution in [1.82, 2.24) is 5.32 Å². The van der Waals surface area contributed by atoms with E-state index >= 15 is 0 Å². The first-order chi connectivity index (χ1) is 9.74. The summed E-state index contributed by atoms with van der Waals surface area (Å²) in [7, 11) is 0. The van der Waals surface area contributed by atoms with Crippen molar-refractivity contribution < 1.29 is 5.11 Å². The number of aliphatic hydroxyl groups excluding tert-OH is 1. The summed E-state index contributed by atoms with van der Waals surface area (Å²) in [4.78, 5) is 0. The van der Waals surface area contributed by atoms with E-state index in [4.69, 9.17) is 0 Å². The summed E-state index contributed by atoms with van der Waals surface area (Å²) in [5.41, 5.74) is 1.00. The molecular formula is C18H23NO. The Hall–Kier alpha value is -1.38. The quantitative estimate of drug-likeness (QED) is 0.885. The standard InChI is InChI=1S/C18H23NO/c1-13(19-17-8-4-5-9-17)18(20)16-11-10-14-6-2-3-7-15(14)12-16/h2-3,6-7,10-13,17-20H,4-5,8-9H2,1H3. The number of benzene rings is 2. The van der Waals surface area contributed by atoms with E-state index in [1.807, 2.05) is 18.2 Å². The molecule has 1 fully saturated rings. The SMILES string of the molecule is CC(NC1CCCC1)C(O)c1ccc2ccccc2c1. The van der Waals surface area contributed by atoms with Crippen molar-refractivity contribution in [2.75, 3.05) is 0 Å². The third-order valence-corrected chi connectivity index (χ3v) is 4.44. The Labute approximate surface area is 120 Å². The van der Waals surface area contributed by atoms with Crippen LogP contribution in [0, 0.1) is 0 Å². The molecule has 2 unspecified atom stereocenters. The lowest BCUT2D eigenvalue weighted by molar-refractivity contribution is 0.130. The molecule has 2 aromatic rings. The van der Waals surface area contributed by atoms with Crippen LogP contribution >= 0.6 is 0 Å². The normalized spacial score (nSPS) is 19.3. The maximum Gasteiger partial charge on any atom is 0.0940 e. The van der Waals surface area contributed by atoms with Gasteiger partial charge in [-0.1, -0.05) is 49.2 Å². The Morgan fingerprint density at radius 3 is 2.50 bits per heavy atom. The second-order valence-electron chi connectivity index (χ2n) is 5.99. The van der Waals surface area contributed by atoms with Crippen LogP contribution in [0.25, 0.3) is 10.8 Å². The lowest BCUT2D eigenvalue weighted by Gasteiger charge is -2.24. The molecule has 2 nitrogen and oxygen atoms in total. The Balaban J connectivity index is 1.75. The van der Waals surface area contributed by atoms with Crippen LogP contribution in [0.2, 0.25) is 0 Å². The van der Waals surface area contributed by atoms with Gasteiger partial charge in [0.2, 0.25) is 0 Å². The average molecular weight is 269 g/mol. The second-order valence-corrected chi connectivity index (χ2v) is 5.99. The van der Waals surface area contributed by atoms with Gasteiger partial charge in [-0.25, -0.2) is 0 Å². The number of hydrogen-bond acceptors (Lipinski definition) is 2. The predicted molar refractivity (Wildman–Crippen MR) is 83.8 cm³/mol. The molecule has 1 aliphatic rings. The fraction of sp³-hybridized carbons (Fsp3) is 0.444. The van der Waals surface area contributed by atoms with Crippen molar-refractivity contribution in [2.45, 2.75) is 50.8 Å². The van der Waals surface area contributed by atoms with E-state index in [-0.39, 0.29) is 6.04 Å². The summed E-state index contributed by atoms with van der Waals surface area (Å²) < 4.78 is 0. The molecule has 0 aromatic heterocycles. The topological polar surface area (TPSA) is 32.3 Å². The first-order valence-electron chi connectivity index (χ1n) is 7.67. The van der Waals surface area contributed by atoms with Gasteiger partial charge < -0.3 is 10.4 Å². The molecule has 2 heteroatoms. The van der Waals surface area contributed by atoms with Gasteiger partial charge in [-0.05, 0) is 42.2 Å². The lowest BCUT2D eigenvalue weighted by Crippen LogP contribution is -2.38. The van der Waals surface area contributed by atoms with Crippen molar-refractivity contribution in [3.8, 4) is 0 Å². The molecule has 1 saturated carbocycles. The third-order valence-electron chi connectivity index (χ3n) is 4.44. The Morgan fingerprint density at radius 1 is 1.05 bits per heavy atom. The van der Waals surface area contributed by atoms with Crippen molar-refractivity contribution in [3.05, 3.63) is 48.0 Å². The van der Waals surface area contributed by atoms with Gasteiger partial charge in [-0.2, -0.15) is 0 Å². The molecule has 20 heavy (non-hydrogen) atoms. The van der Waals surface area contributed by atoms with Crippen molar-refractivity contribution >= 4 is 10.8 Å². The van der Waals surface area contributed by atoms with E-state index in [0.29, 0.717) is 6.04 Å². The molecule has 1 aliphatic carbocycles. The van der Waals surface area contributed by atoms with Crippen molar-refractivity contribution in [2.24, 2.45) is 0 Å². The van der Waals surface area contributed by atoms with Crippen LogP contribution in [-0.2, 0) is 0 Å². The summed E-state index contributed by atoms with van der Waals surface area (Å²) in [5.74, 6) is 0. The van der Waals surface area contributed by atoms with Gasteiger partial charge >= 0.3 is 0 Å². The van der Waals surface area contributed by atoms with Crippen LogP contribution in [0.3, 0.4) is 0 Å². The van der Waals surface area contributed by atoms with Gasteiger partial charge in [0.15, 0.2) is 0 Å². The summed E-state index contributed by atoms with van der Waals surface area (Å²) in [6.07, 6.45) is 4.68. The molecule has 0 bridgehead atoms. The number of fused-ring (bicyclic) bond motifs is 1. The number of rotatable bonds is 4. The van der Waals surface area contributed by atoms with E-state index in [1.165, 1.54) is 36.5 Å². The fourth-order valence-corrected chi connectivity index (χ4v) is 3.24. The predicted octanol–water partition coefficient (Wildman–Crippen LogP) is 3.79. The highest BCUT2D eigenvalue weighted by Crippen LogP contribution is 2.24.